The van der Waals surface area contributed by atoms with Crippen LogP contribution in [0.5, 0.6) is 5.75 Å². The summed E-state index contributed by atoms with van der Waals surface area (Å²) in [5, 5.41) is 4.06. The molecule has 0 aliphatic heterocycles. The van der Waals surface area contributed by atoms with Crippen LogP contribution in [-0.4, -0.2) is 29.3 Å². The number of anilines is 1. The highest BCUT2D eigenvalue weighted by atomic mass is 16.6. The van der Waals surface area contributed by atoms with Gasteiger partial charge in [0.25, 0.3) is 0 Å². The first-order valence-corrected chi connectivity index (χ1v) is 9.33. The first kappa shape index (κ1) is 19.6. The van der Waals surface area contributed by atoms with E-state index in [0.29, 0.717) is 24.5 Å². The van der Waals surface area contributed by atoms with Crippen LogP contribution in [0.2, 0.25) is 0 Å². The SMILES string of the molecule is CC(C)(C)OC(=O)N[C@H](COc1cccc(N)c1)Cc1c[nH]c2ccccc12. The molecule has 0 fully saturated rings. The van der Waals surface area contributed by atoms with Crippen molar-refractivity contribution in [2.45, 2.75) is 38.8 Å². The summed E-state index contributed by atoms with van der Waals surface area (Å²) < 4.78 is 11.3. The Morgan fingerprint density at radius 2 is 1.96 bits per heavy atom. The van der Waals surface area contributed by atoms with Gasteiger partial charge >= 0.3 is 6.09 Å². The smallest absolute Gasteiger partial charge is 0.408 e. The Bertz CT molecular complexity index is 943. The Balaban J connectivity index is 1.74. The van der Waals surface area contributed by atoms with Gasteiger partial charge in [-0.2, -0.15) is 0 Å². The molecule has 3 aromatic rings. The molecule has 0 saturated carbocycles. The summed E-state index contributed by atoms with van der Waals surface area (Å²) in [6, 6.07) is 15.0. The van der Waals surface area contributed by atoms with Crippen LogP contribution in [0.3, 0.4) is 0 Å². The lowest BCUT2D eigenvalue weighted by atomic mass is 10.1. The molecule has 1 atom stereocenters. The number of rotatable bonds is 6. The second kappa shape index (κ2) is 8.25. The zero-order chi connectivity index (χ0) is 20.1. The summed E-state index contributed by atoms with van der Waals surface area (Å²) in [6.45, 7) is 5.81. The summed E-state index contributed by atoms with van der Waals surface area (Å²) in [5.74, 6) is 0.662. The summed E-state index contributed by atoms with van der Waals surface area (Å²) in [6.07, 6.45) is 2.11. The number of amides is 1. The van der Waals surface area contributed by atoms with Gasteiger partial charge in [-0.05, 0) is 51.0 Å². The van der Waals surface area contributed by atoms with Gasteiger partial charge in [0.15, 0.2) is 0 Å². The lowest BCUT2D eigenvalue weighted by Gasteiger charge is -2.24. The number of benzene rings is 2. The molecule has 0 aliphatic rings. The van der Waals surface area contributed by atoms with Crippen LogP contribution in [0.25, 0.3) is 10.9 Å². The number of alkyl carbamates (subject to hydrolysis) is 1. The van der Waals surface area contributed by atoms with Crippen LogP contribution >= 0.6 is 0 Å². The van der Waals surface area contributed by atoms with Gasteiger partial charge in [0.2, 0.25) is 0 Å². The predicted octanol–water partition coefficient (Wildman–Crippen LogP) is 4.26. The average Bonchev–Trinajstić information content (AvgIpc) is 3.01. The number of fused-ring (bicyclic) bond motifs is 1. The molecule has 6 nitrogen and oxygen atoms in total. The number of H-pyrrole nitrogens is 1. The number of ether oxygens (including phenoxy) is 2. The van der Waals surface area contributed by atoms with Crippen molar-refractivity contribution < 1.29 is 14.3 Å². The maximum absolute atomic E-state index is 12.3. The van der Waals surface area contributed by atoms with Gasteiger partial charge in [-0.25, -0.2) is 4.79 Å². The molecule has 3 rings (SSSR count). The van der Waals surface area contributed by atoms with Gasteiger partial charge < -0.3 is 25.5 Å². The Hall–Kier alpha value is -3.15. The number of aromatic nitrogens is 1. The van der Waals surface area contributed by atoms with Crippen molar-refractivity contribution in [1.29, 1.82) is 0 Å². The molecule has 0 spiro atoms. The highest BCUT2D eigenvalue weighted by Gasteiger charge is 2.21. The molecule has 4 N–H and O–H groups in total. The highest BCUT2D eigenvalue weighted by molar-refractivity contribution is 5.83. The predicted molar refractivity (Wildman–Crippen MR) is 112 cm³/mol. The van der Waals surface area contributed by atoms with Crippen molar-refractivity contribution in [2.75, 3.05) is 12.3 Å². The topological polar surface area (TPSA) is 89.4 Å². The molecule has 28 heavy (non-hydrogen) atoms. The Morgan fingerprint density at radius 1 is 1.18 bits per heavy atom. The number of hydrogen-bond donors (Lipinski definition) is 3. The van der Waals surface area contributed by atoms with Crippen molar-refractivity contribution in [1.82, 2.24) is 10.3 Å². The van der Waals surface area contributed by atoms with E-state index in [-0.39, 0.29) is 6.04 Å². The molecule has 1 heterocycles. The van der Waals surface area contributed by atoms with E-state index in [9.17, 15) is 4.79 Å². The molecular weight excluding hydrogens is 354 g/mol. The van der Waals surface area contributed by atoms with E-state index in [1.807, 2.05) is 57.3 Å². The van der Waals surface area contributed by atoms with Gasteiger partial charge in [0.05, 0.1) is 6.04 Å². The zero-order valence-electron chi connectivity index (χ0n) is 16.5. The molecule has 148 valence electrons. The standard InChI is InChI=1S/C22H27N3O3/c1-22(2,3)28-21(26)25-17(14-27-18-8-6-7-16(23)12-18)11-15-13-24-20-10-5-4-9-19(15)20/h4-10,12-13,17,24H,11,14,23H2,1-3H3,(H,25,26)/t17-/m0/s1. The Labute approximate surface area is 165 Å². The van der Waals surface area contributed by atoms with Crippen LogP contribution < -0.4 is 15.8 Å². The molecule has 0 saturated heterocycles. The minimum atomic E-state index is -0.565. The lowest BCUT2D eigenvalue weighted by molar-refractivity contribution is 0.0488. The molecule has 0 bridgehead atoms. The van der Waals surface area contributed by atoms with E-state index in [4.69, 9.17) is 15.2 Å². The summed E-state index contributed by atoms with van der Waals surface area (Å²) >= 11 is 0. The maximum atomic E-state index is 12.3. The second-order valence-electron chi connectivity index (χ2n) is 7.79. The number of aromatic amines is 1. The number of nitrogens with two attached hydrogens (primary N) is 1. The van der Waals surface area contributed by atoms with E-state index < -0.39 is 11.7 Å². The Morgan fingerprint density at radius 3 is 2.71 bits per heavy atom. The van der Waals surface area contributed by atoms with Crippen LogP contribution in [0.4, 0.5) is 10.5 Å². The quantitative estimate of drug-likeness (QED) is 0.557. The number of hydrogen-bond acceptors (Lipinski definition) is 4. The fourth-order valence-electron chi connectivity index (χ4n) is 2.99. The van der Waals surface area contributed by atoms with Crippen molar-refractivity contribution >= 4 is 22.7 Å². The summed E-state index contributed by atoms with van der Waals surface area (Å²) in [4.78, 5) is 15.6. The van der Waals surface area contributed by atoms with Gasteiger partial charge in [-0.1, -0.05) is 24.3 Å². The maximum Gasteiger partial charge on any atom is 0.408 e. The minimum absolute atomic E-state index is 0.268. The van der Waals surface area contributed by atoms with Gasteiger partial charge in [-0.15, -0.1) is 0 Å². The molecule has 1 aromatic heterocycles. The number of para-hydroxylation sites is 1. The van der Waals surface area contributed by atoms with Crippen LogP contribution in [0.15, 0.2) is 54.7 Å². The number of carbonyl (C=O) groups excluding carboxylic acids is 1. The fourth-order valence-corrected chi connectivity index (χ4v) is 2.99. The van der Waals surface area contributed by atoms with Crippen molar-refractivity contribution in [3.63, 3.8) is 0 Å². The molecule has 0 unspecified atom stereocenters. The monoisotopic (exact) mass is 381 g/mol. The van der Waals surface area contributed by atoms with E-state index in [2.05, 4.69) is 16.4 Å². The van der Waals surface area contributed by atoms with Crippen LogP contribution in [0, 0.1) is 0 Å². The van der Waals surface area contributed by atoms with E-state index >= 15 is 0 Å². The zero-order valence-corrected chi connectivity index (χ0v) is 16.5. The molecule has 6 heteroatoms. The summed E-state index contributed by atoms with van der Waals surface area (Å²) in [5.41, 5.74) is 8.04. The second-order valence-corrected chi connectivity index (χ2v) is 7.79. The minimum Gasteiger partial charge on any atom is -0.491 e. The van der Waals surface area contributed by atoms with E-state index in [1.54, 1.807) is 12.1 Å². The third-order valence-corrected chi connectivity index (χ3v) is 4.17. The molecule has 0 radical (unpaired) electrons. The molecular formula is C22H27N3O3. The third-order valence-electron chi connectivity index (χ3n) is 4.17. The van der Waals surface area contributed by atoms with Crippen molar-refractivity contribution in [3.05, 3.63) is 60.3 Å². The van der Waals surface area contributed by atoms with Gasteiger partial charge in [0, 0.05) is 28.9 Å². The van der Waals surface area contributed by atoms with Crippen molar-refractivity contribution in [3.8, 4) is 5.75 Å². The van der Waals surface area contributed by atoms with Gasteiger partial charge in [-0.3, -0.25) is 0 Å². The van der Waals surface area contributed by atoms with E-state index in [0.717, 1.165) is 16.5 Å². The van der Waals surface area contributed by atoms with E-state index in [1.165, 1.54) is 0 Å². The largest absolute Gasteiger partial charge is 0.491 e. The number of nitrogens with one attached hydrogen (secondary N) is 2. The highest BCUT2D eigenvalue weighted by Crippen LogP contribution is 2.20. The molecule has 2 aromatic carbocycles. The molecule has 1 amide bonds. The van der Waals surface area contributed by atoms with Crippen LogP contribution in [-0.2, 0) is 11.2 Å². The molecule has 0 aliphatic carbocycles. The first-order valence-electron chi connectivity index (χ1n) is 9.33. The first-order chi connectivity index (χ1) is 13.3. The average molecular weight is 381 g/mol. The van der Waals surface area contributed by atoms with Gasteiger partial charge in [0.1, 0.15) is 18.0 Å². The third kappa shape index (κ3) is 5.42. The normalized spacial score (nSPS) is 12.5. The fraction of sp³-hybridized carbons (Fsp3) is 0.318. The number of carbonyl (C=O) groups is 1. The van der Waals surface area contributed by atoms with Crippen molar-refractivity contribution in [2.24, 2.45) is 0 Å². The lowest BCUT2D eigenvalue weighted by Crippen LogP contribution is -2.43. The Kier molecular flexibility index (Phi) is 5.78. The summed E-state index contributed by atoms with van der Waals surface area (Å²) in [7, 11) is 0. The number of nitrogen functional groups attached to an aromatic ring is 1. The van der Waals surface area contributed by atoms with Crippen LogP contribution in [0.1, 0.15) is 26.3 Å².